The summed E-state index contributed by atoms with van der Waals surface area (Å²) in [6, 6.07) is 10.6. The van der Waals surface area contributed by atoms with E-state index in [0.29, 0.717) is 17.2 Å². The van der Waals surface area contributed by atoms with Gasteiger partial charge in [0, 0.05) is 0 Å². The van der Waals surface area contributed by atoms with Gasteiger partial charge in [-0.05, 0) is 69.3 Å². The van der Waals surface area contributed by atoms with Gasteiger partial charge in [-0.3, -0.25) is 0 Å². The summed E-state index contributed by atoms with van der Waals surface area (Å²) in [7, 11) is 0. The smallest absolute Gasteiger partial charge is 0.416 e. The minimum Gasteiger partial charge on any atom is -0.479 e. The van der Waals surface area contributed by atoms with Crippen LogP contribution in [-0.2, 0) is 15.8 Å². The average Bonchev–Trinajstić information content (AvgIpc) is 2.61. The second kappa shape index (κ2) is 8.57. The van der Waals surface area contributed by atoms with E-state index in [1.165, 1.54) is 19.1 Å². The number of benzene rings is 2. The highest BCUT2D eigenvalue weighted by atomic mass is 19.4. The van der Waals surface area contributed by atoms with Crippen LogP contribution in [0.3, 0.4) is 0 Å². The van der Waals surface area contributed by atoms with E-state index < -0.39 is 23.8 Å². The van der Waals surface area contributed by atoms with Gasteiger partial charge in [-0.2, -0.15) is 13.2 Å². The first-order chi connectivity index (χ1) is 12.6. The van der Waals surface area contributed by atoms with Gasteiger partial charge >= 0.3 is 12.1 Å². The number of carbonyl (C=O) groups is 1. The van der Waals surface area contributed by atoms with Crippen molar-refractivity contribution in [2.45, 2.75) is 33.1 Å². The van der Waals surface area contributed by atoms with Crippen LogP contribution in [-0.4, -0.2) is 17.8 Å². The van der Waals surface area contributed by atoms with Crippen molar-refractivity contribution in [2.75, 3.05) is 0 Å². The van der Waals surface area contributed by atoms with Crippen LogP contribution in [0.5, 0.6) is 17.2 Å². The molecule has 0 saturated carbocycles. The molecule has 2 aromatic carbocycles. The van der Waals surface area contributed by atoms with Crippen molar-refractivity contribution in [3.05, 3.63) is 54.1 Å². The Morgan fingerprint density at radius 1 is 0.926 bits per heavy atom. The van der Waals surface area contributed by atoms with E-state index in [4.69, 9.17) is 14.3 Å². The number of alkyl halides is 3. The van der Waals surface area contributed by atoms with Crippen LogP contribution in [0.1, 0.15) is 26.3 Å². The van der Waals surface area contributed by atoms with E-state index in [9.17, 15) is 18.0 Å². The maximum atomic E-state index is 12.5. The van der Waals surface area contributed by atoms with Crippen molar-refractivity contribution in [1.29, 1.82) is 0 Å². The van der Waals surface area contributed by atoms with Crippen LogP contribution in [0.25, 0.3) is 0 Å². The predicted molar refractivity (Wildman–Crippen MR) is 92.9 cm³/mol. The van der Waals surface area contributed by atoms with Crippen molar-refractivity contribution in [1.82, 2.24) is 0 Å². The fourth-order valence-electron chi connectivity index (χ4n) is 1.90. The SMILES string of the molecule is CC(C)=NOC(=O)[C@H](C)Oc1ccc(Oc2ccc(C(F)(F)F)cc2)cc1. The summed E-state index contributed by atoms with van der Waals surface area (Å²) >= 11 is 0. The number of carbonyl (C=O) groups excluding carboxylic acids is 1. The van der Waals surface area contributed by atoms with Gasteiger partial charge in [-0.25, -0.2) is 4.79 Å². The summed E-state index contributed by atoms with van der Waals surface area (Å²) in [5.74, 6) is 0.433. The largest absolute Gasteiger partial charge is 0.479 e. The highest BCUT2D eigenvalue weighted by Gasteiger charge is 2.30. The van der Waals surface area contributed by atoms with Gasteiger partial charge in [0.2, 0.25) is 0 Å². The highest BCUT2D eigenvalue weighted by molar-refractivity contribution is 5.80. The molecule has 2 rings (SSSR count). The topological polar surface area (TPSA) is 57.1 Å². The Hall–Kier alpha value is -3.03. The third kappa shape index (κ3) is 6.32. The van der Waals surface area contributed by atoms with Crippen LogP contribution >= 0.6 is 0 Å². The minimum atomic E-state index is -4.39. The fourth-order valence-corrected chi connectivity index (χ4v) is 1.90. The summed E-state index contributed by atoms with van der Waals surface area (Å²) in [5.41, 5.74) is -0.151. The molecule has 0 amide bonds. The maximum absolute atomic E-state index is 12.5. The monoisotopic (exact) mass is 381 g/mol. The zero-order valence-electron chi connectivity index (χ0n) is 14.9. The van der Waals surface area contributed by atoms with Crippen LogP contribution in [0, 0.1) is 0 Å². The molecule has 0 unspecified atom stereocenters. The molecule has 0 aromatic heterocycles. The predicted octanol–water partition coefficient (Wildman–Crippen LogP) is 5.20. The molecule has 0 aliphatic carbocycles. The van der Waals surface area contributed by atoms with Crippen LogP contribution in [0.4, 0.5) is 13.2 Å². The summed E-state index contributed by atoms with van der Waals surface area (Å²) in [6.07, 6.45) is -5.26. The molecule has 0 spiro atoms. The maximum Gasteiger partial charge on any atom is 0.416 e. The minimum absolute atomic E-state index is 0.265. The first-order valence-corrected chi connectivity index (χ1v) is 7.99. The zero-order valence-corrected chi connectivity index (χ0v) is 14.9. The van der Waals surface area contributed by atoms with Gasteiger partial charge in [0.1, 0.15) is 17.2 Å². The van der Waals surface area contributed by atoms with E-state index >= 15 is 0 Å². The van der Waals surface area contributed by atoms with Gasteiger partial charge < -0.3 is 14.3 Å². The summed E-state index contributed by atoms with van der Waals surface area (Å²) in [6.45, 7) is 4.90. The van der Waals surface area contributed by atoms with Crippen molar-refractivity contribution in [2.24, 2.45) is 5.16 Å². The van der Waals surface area contributed by atoms with Crippen molar-refractivity contribution in [3.8, 4) is 17.2 Å². The lowest BCUT2D eigenvalue weighted by molar-refractivity contribution is -0.151. The van der Waals surface area contributed by atoms with E-state index in [2.05, 4.69) is 5.16 Å². The molecule has 0 fully saturated rings. The fraction of sp³-hybridized carbons (Fsp3) is 0.263. The zero-order chi connectivity index (χ0) is 20.0. The highest BCUT2D eigenvalue weighted by Crippen LogP contribution is 2.31. The number of hydrogen-bond acceptors (Lipinski definition) is 5. The Balaban J connectivity index is 1.95. The van der Waals surface area contributed by atoms with E-state index in [0.717, 1.165) is 12.1 Å². The van der Waals surface area contributed by atoms with Crippen LogP contribution < -0.4 is 9.47 Å². The first-order valence-electron chi connectivity index (χ1n) is 7.99. The molecular weight excluding hydrogens is 363 g/mol. The standard InChI is InChI=1S/C19H18F3NO4/c1-12(2)23-27-18(24)13(3)25-15-8-10-17(11-9-15)26-16-6-4-14(5-7-16)19(20,21)22/h4-11,13H,1-3H3/t13-/m0/s1. The number of ether oxygens (including phenoxy) is 2. The van der Waals surface area contributed by atoms with Crippen molar-refractivity contribution >= 4 is 11.7 Å². The summed E-state index contributed by atoms with van der Waals surface area (Å²) in [4.78, 5) is 16.4. The average molecular weight is 381 g/mol. The number of halogens is 3. The van der Waals surface area contributed by atoms with Crippen LogP contribution in [0.2, 0.25) is 0 Å². The molecule has 0 N–H and O–H groups in total. The van der Waals surface area contributed by atoms with E-state index in [-0.39, 0.29) is 5.75 Å². The molecule has 0 aliphatic rings. The Morgan fingerprint density at radius 3 is 1.89 bits per heavy atom. The molecule has 5 nitrogen and oxygen atoms in total. The number of nitrogens with zero attached hydrogens (tertiary/aromatic N) is 1. The molecule has 0 radical (unpaired) electrons. The normalized spacial score (nSPS) is 12.1. The molecule has 1 atom stereocenters. The molecule has 8 heteroatoms. The van der Waals surface area contributed by atoms with Gasteiger partial charge in [0.25, 0.3) is 0 Å². The molecule has 2 aromatic rings. The molecule has 27 heavy (non-hydrogen) atoms. The van der Waals surface area contributed by atoms with Crippen molar-refractivity contribution in [3.63, 3.8) is 0 Å². The Bertz CT molecular complexity index is 795. The van der Waals surface area contributed by atoms with E-state index in [1.807, 2.05) is 0 Å². The van der Waals surface area contributed by atoms with Crippen LogP contribution in [0.15, 0.2) is 53.7 Å². The lowest BCUT2D eigenvalue weighted by Gasteiger charge is -2.13. The van der Waals surface area contributed by atoms with E-state index in [1.54, 1.807) is 38.1 Å². The third-order valence-electron chi connectivity index (χ3n) is 3.20. The summed E-state index contributed by atoms with van der Waals surface area (Å²) < 4.78 is 48.6. The van der Waals surface area contributed by atoms with Gasteiger partial charge in [-0.15, -0.1) is 0 Å². The van der Waals surface area contributed by atoms with Gasteiger partial charge in [0.05, 0.1) is 11.3 Å². The first kappa shape index (κ1) is 20.3. The quantitative estimate of drug-likeness (QED) is 0.392. The third-order valence-corrected chi connectivity index (χ3v) is 3.20. The Kier molecular flexibility index (Phi) is 6.44. The lowest BCUT2D eigenvalue weighted by atomic mass is 10.2. The molecular formula is C19H18F3NO4. The number of oxime groups is 1. The summed E-state index contributed by atoms with van der Waals surface area (Å²) in [5, 5.41) is 3.57. The number of rotatable bonds is 6. The molecule has 0 heterocycles. The molecule has 0 bridgehead atoms. The lowest BCUT2D eigenvalue weighted by Crippen LogP contribution is -2.24. The molecule has 0 saturated heterocycles. The van der Waals surface area contributed by atoms with Gasteiger partial charge in [0.15, 0.2) is 6.10 Å². The van der Waals surface area contributed by atoms with Crippen molar-refractivity contribution < 1.29 is 32.3 Å². The Morgan fingerprint density at radius 2 is 1.41 bits per heavy atom. The Labute approximate surface area is 154 Å². The van der Waals surface area contributed by atoms with Gasteiger partial charge in [-0.1, -0.05) is 5.16 Å². The number of hydrogen-bond donors (Lipinski definition) is 0. The second-order valence-corrected chi connectivity index (χ2v) is 5.80. The second-order valence-electron chi connectivity index (χ2n) is 5.80. The molecule has 0 aliphatic heterocycles. The molecule has 144 valence electrons.